The number of benzene rings is 1. The third-order valence-corrected chi connectivity index (χ3v) is 5.56. The minimum Gasteiger partial charge on any atom is -0.361 e. The number of piperidine rings is 1. The summed E-state index contributed by atoms with van der Waals surface area (Å²) in [6.07, 6.45) is 2.26. The highest BCUT2D eigenvalue weighted by Gasteiger charge is 2.21. The van der Waals surface area contributed by atoms with Crippen molar-refractivity contribution in [3.05, 3.63) is 52.9 Å². The highest BCUT2D eigenvalue weighted by molar-refractivity contribution is 5.80. The number of aryl methyl sites for hydroxylation is 2. The summed E-state index contributed by atoms with van der Waals surface area (Å²) in [5.74, 6) is 2.10. The van der Waals surface area contributed by atoms with E-state index in [2.05, 4.69) is 62.9 Å². The molecule has 152 valence electrons. The summed E-state index contributed by atoms with van der Waals surface area (Å²) >= 11 is 0. The molecule has 6 heteroatoms. The van der Waals surface area contributed by atoms with E-state index in [0.29, 0.717) is 12.0 Å². The minimum absolute atomic E-state index is 0.317. The summed E-state index contributed by atoms with van der Waals surface area (Å²) in [6.45, 7) is 10.2. The predicted octanol–water partition coefficient (Wildman–Crippen LogP) is 3.22. The second-order valence-corrected chi connectivity index (χ2v) is 7.77. The fourth-order valence-corrected chi connectivity index (χ4v) is 4.01. The van der Waals surface area contributed by atoms with Crippen molar-refractivity contribution in [3.8, 4) is 0 Å². The largest absolute Gasteiger partial charge is 0.361 e. The van der Waals surface area contributed by atoms with Gasteiger partial charge in [0.25, 0.3) is 0 Å². The van der Waals surface area contributed by atoms with Crippen molar-refractivity contribution in [2.24, 2.45) is 4.99 Å². The van der Waals surface area contributed by atoms with Gasteiger partial charge in [-0.05, 0) is 32.3 Å². The zero-order valence-electron chi connectivity index (χ0n) is 17.5. The fraction of sp³-hybridized carbons (Fsp3) is 0.545. The van der Waals surface area contributed by atoms with Crippen LogP contribution in [0.5, 0.6) is 0 Å². The van der Waals surface area contributed by atoms with Gasteiger partial charge in [0.05, 0.1) is 5.69 Å². The average molecular weight is 384 g/mol. The Hall–Kier alpha value is -2.34. The summed E-state index contributed by atoms with van der Waals surface area (Å²) < 4.78 is 5.30. The lowest BCUT2D eigenvalue weighted by Crippen LogP contribution is -2.49. The van der Waals surface area contributed by atoms with Crippen LogP contribution in [0.15, 0.2) is 39.8 Å². The van der Waals surface area contributed by atoms with Crippen LogP contribution in [0.2, 0.25) is 0 Å². The maximum absolute atomic E-state index is 5.30. The van der Waals surface area contributed by atoms with Crippen molar-refractivity contribution < 1.29 is 4.52 Å². The Morgan fingerprint density at radius 3 is 2.57 bits per heavy atom. The molecule has 1 saturated heterocycles. The van der Waals surface area contributed by atoms with Crippen molar-refractivity contribution in [2.45, 2.75) is 52.1 Å². The molecule has 2 N–H and O–H groups in total. The molecular formula is C22H33N5O. The molecule has 1 atom stereocenters. The van der Waals surface area contributed by atoms with Gasteiger partial charge in [-0.2, -0.15) is 0 Å². The van der Waals surface area contributed by atoms with Gasteiger partial charge in [0.2, 0.25) is 0 Å². The summed E-state index contributed by atoms with van der Waals surface area (Å²) in [5, 5.41) is 11.1. The molecule has 28 heavy (non-hydrogen) atoms. The zero-order valence-corrected chi connectivity index (χ0v) is 17.5. The summed E-state index contributed by atoms with van der Waals surface area (Å²) in [4.78, 5) is 6.94. The van der Waals surface area contributed by atoms with Gasteiger partial charge >= 0.3 is 0 Å². The van der Waals surface area contributed by atoms with Crippen LogP contribution in [0.4, 0.5) is 0 Å². The molecule has 0 bridgehead atoms. The number of nitrogens with zero attached hydrogens (tertiary/aromatic N) is 3. The Morgan fingerprint density at radius 1 is 1.25 bits per heavy atom. The summed E-state index contributed by atoms with van der Waals surface area (Å²) in [6, 6.07) is 11.2. The molecule has 1 aromatic heterocycles. The molecule has 0 radical (unpaired) electrons. The van der Waals surface area contributed by atoms with Crippen LogP contribution in [0.25, 0.3) is 0 Å². The SMILES string of the molecule is CN=C(NCC(C)c1c(C)noc1C)NC1CCN(Cc2ccccc2)CC1. The molecule has 0 saturated carbocycles. The van der Waals surface area contributed by atoms with E-state index in [-0.39, 0.29) is 0 Å². The normalized spacial score (nSPS) is 17.5. The van der Waals surface area contributed by atoms with Crippen LogP contribution in [-0.2, 0) is 6.54 Å². The number of nitrogens with one attached hydrogen (secondary N) is 2. The number of likely N-dealkylation sites (tertiary alicyclic amines) is 1. The molecule has 1 aliphatic rings. The third-order valence-electron chi connectivity index (χ3n) is 5.56. The maximum Gasteiger partial charge on any atom is 0.191 e. The Bertz CT molecular complexity index is 743. The van der Waals surface area contributed by atoms with Crippen LogP contribution >= 0.6 is 0 Å². The second-order valence-electron chi connectivity index (χ2n) is 7.77. The Morgan fingerprint density at radius 2 is 1.96 bits per heavy atom. The van der Waals surface area contributed by atoms with E-state index < -0.39 is 0 Å². The van der Waals surface area contributed by atoms with Gasteiger partial charge in [0.1, 0.15) is 5.76 Å². The van der Waals surface area contributed by atoms with E-state index in [1.807, 2.05) is 20.9 Å². The topological polar surface area (TPSA) is 65.7 Å². The van der Waals surface area contributed by atoms with E-state index in [1.54, 1.807) is 0 Å². The lowest BCUT2D eigenvalue weighted by molar-refractivity contribution is 0.198. The summed E-state index contributed by atoms with van der Waals surface area (Å²) in [7, 11) is 1.83. The smallest absolute Gasteiger partial charge is 0.191 e. The highest BCUT2D eigenvalue weighted by atomic mass is 16.5. The van der Waals surface area contributed by atoms with Crippen LogP contribution < -0.4 is 10.6 Å². The molecule has 1 unspecified atom stereocenters. The first-order chi connectivity index (χ1) is 13.6. The number of hydrogen-bond donors (Lipinski definition) is 2. The van der Waals surface area contributed by atoms with Crippen molar-refractivity contribution >= 4 is 5.96 Å². The number of aromatic nitrogens is 1. The lowest BCUT2D eigenvalue weighted by atomic mass is 9.99. The fourth-order valence-electron chi connectivity index (χ4n) is 4.01. The molecular weight excluding hydrogens is 350 g/mol. The number of aliphatic imine (C=N–C) groups is 1. The van der Waals surface area contributed by atoms with E-state index in [4.69, 9.17) is 4.52 Å². The molecule has 3 rings (SSSR count). The van der Waals surface area contributed by atoms with Gasteiger partial charge in [-0.1, -0.05) is 42.4 Å². The zero-order chi connectivity index (χ0) is 19.9. The molecule has 1 fully saturated rings. The molecule has 2 heterocycles. The van der Waals surface area contributed by atoms with Crippen LogP contribution in [0.3, 0.4) is 0 Å². The molecule has 2 aromatic rings. The molecule has 6 nitrogen and oxygen atoms in total. The van der Waals surface area contributed by atoms with Crippen LogP contribution in [0.1, 0.15) is 48.3 Å². The highest BCUT2D eigenvalue weighted by Crippen LogP contribution is 2.22. The molecule has 0 spiro atoms. The van der Waals surface area contributed by atoms with Crippen molar-refractivity contribution in [2.75, 3.05) is 26.7 Å². The minimum atomic E-state index is 0.317. The van der Waals surface area contributed by atoms with Crippen molar-refractivity contribution in [3.63, 3.8) is 0 Å². The molecule has 0 aliphatic carbocycles. The monoisotopic (exact) mass is 383 g/mol. The third kappa shape index (κ3) is 5.35. The van der Waals surface area contributed by atoms with Crippen molar-refractivity contribution in [1.29, 1.82) is 0 Å². The van der Waals surface area contributed by atoms with Gasteiger partial charge in [0, 0.05) is 50.7 Å². The Kier molecular flexibility index (Phi) is 7.09. The Balaban J connectivity index is 1.43. The standard InChI is InChI=1S/C22H33N5O/c1-16(21-17(2)26-28-18(21)3)14-24-22(23-4)25-20-10-12-27(13-11-20)15-19-8-6-5-7-9-19/h5-9,16,20H,10-15H2,1-4H3,(H2,23,24,25). The Labute approximate surface area is 168 Å². The first kappa shape index (κ1) is 20.4. The van der Waals surface area contributed by atoms with E-state index in [1.165, 1.54) is 11.1 Å². The molecule has 0 amide bonds. The second kappa shape index (κ2) is 9.73. The van der Waals surface area contributed by atoms with Crippen LogP contribution in [-0.4, -0.2) is 48.7 Å². The lowest BCUT2D eigenvalue weighted by Gasteiger charge is -2.33. The van der Waals surface area contributed by atoms with Gasteiger partial charge < -0.3 is 15.2 Å². The predicted molar refractivity (Wildman–Crippen MR) is 114 cm³/mol. The van der Waals surface area contributed by atoms with E-state index >= 15 is 0 Å². The summed E-state index contributed by atoms with van der Waals surface area (Å²) in [5.41, 5.74) is 3.55. The quantitative estimate of drug-likeness (QED) is 0.592. The average Bonchev–Trinajstić information content (AvgIpc) is 3.05. The maximum atomic E-state index is 5.30. The van der Waals surface area contributed by atoms with Gasteiger partial charge in [-0.25, -0.2) is 0 Å². The van der Waals surface area contributed by atoms with E-state index in [9.17, 15) is 0 Å². The van der Waals surface area contributed by atoms with Gasteiger partial charge in [-0.15, -0.1) is 0 Å². The van der Waals surface area contributed by atoms with Crippen molar-refractivity contribution in [1.82, 2.24) is 20.7 Å². The van der Waals surface area contributed by atoms with Crippen LogP contribution in [0, 0.1) is 13.8 Å². The van der Waals surface area contributed by atoms with Gasteiger partial charge in [-0.3, -0.25) is 9.89 Å². The number of rotatable bonds is 6. The first-order valence-electron chi connectivity index (χ1n) is 10.2. The van der Waals surface area contributed by atoms with E-state index in [0.717, 1.165) is 56.4 Å². The number of guanidine groups is 1. The number of hydrogen-bond acceptors (Lipinski definition) is 4. The molecule has 1 aliphatic heterocycles. The first-order valence-corrected chi connectivity index (χ1v) is 10.2. The molecule has 1 aromatic carbocycles. The van der Waals surface area contributed by atoms with Gasteiger partial charge in [0.15, 0.2) is 5.96 Å².